The van der Waals surface area contributed by atoms with Gasteiger partial charge in [-0.25, -0.2) is 4.98 Å². The molecule has 0 bridgehead atoms. The van der Waals surface area contributed by atoms with Gasteiger partial charge in [0.1, 0.15) is 0 Å². The van der Waals surface area contributed by atoms with Crippen molar-refractivity contribution in [2.75, 3.05) is 5.32 Å². The fourth-order valence-electron chi connectivity index (χ4n) is 2.12. The van der Waals surface area contributed by atoms with Crippen LogP contribution in [0.1, 0.15) is 6.92 Å². The number of imidazole rings is 1. The summed E-state index contributed by atoms with van der Waals surface area (Å²) in [6.07, 6.45) is 5.33. The Morgan fingerprint density at radius 1 is 1.23 bits per heavy atom. The molecule has 22 heavy (non-hydrogen) atoms. The van der Waals surface area contributed by atoms with E-state index in [0.29, 0.717) is 0 Å². The monoisotopic (exact) mass is 312 g/mol. The van der Waals surface area contributed by atoms with E-state index < -0.39 is 0 Å². The first-order valence-electron chi connectivity index (χ1n) is 6.94. The van der Waals surface area contributed by atoms with Crippen LogP contribution in [0.3, 0.4) is 0 Å². The molecule has 1 aromatic carbocycles. The quantitative estimate of drug-likeness (QED) is 0.752. The highest BCUT2D eigenvalue weighted by molar-refractivity contribution is 8.00. The standard InChI is InChI=1S/C16H16N4OS/c1-11(22-16-18-9-10-20(16)2)15(21)19-14-7-3-6-13-12(14)5-4-8-17-13/h3-11H,1-2H3,(H,19,21). The van der Waals surface area contributed by atoms with Crippen LogP contribution in [0.15, 0.2) is 54.1 Å². The van der Waals surface area contributed by atoms with Gasteiger partial charge in [-0.2, -0.15) is 0 Å². The second-order valence-electron chi connectivity index (χ2n) is 4.95. The third-order valence-corrected chi connectivity index (χ3v) is 4.50. The second kappa shape index (κ2) is 6.19. The lowest BCUT2D eigenvalue weighted by molar-refractivity contribution is -0.115. The zero-order valence-electron chi connectivity index (χ0n) is 12.4. The summed E-state index contributed by atoms with van der Waals surface area (Å²) in [6.45, 7) is 1.87. The van der Waals surface area contributed by atoms with Crippen LogP contribution < -0.4 is 5.32 Å². The SMILES string of the molecule is CC(Sc1nccn1C)C(=O)Nc1cccc2ncccc12. The summed E-state index contributed by atoms with van der Waals surface area (Å²) in [4.78, 5) is 20.9. The van der Waals surface area contributed by atoms with Crippen molar-refractivity contribution < 1.29 is 4.79 Å². The van der Waals surface area contributed by atoms with Gasteiger partial charge in [0.15, 0.2) is 5.16 Å². The van der Waals surface area contributed by atoms with Gasteiger partial charge < -0.3 is 9.88 Å². The molecule has 2 heterocycles. The Morgan fingerprint density at radius 3 is 2.86 bits per heavy atom. The number of nitrogens with zero attached hydrogens (tertiary/aromatic N) is 3. The molecular weight excluding hydrogens is 296 g/mol. The Kier molecular flexibility index (Phi) is 4.11. The maximum absolute atomic E-state index is 12.4. The number of aromatic nitrogens is 3. The summed E-state index contributed by atoms with van der Waals surface area (Å²) in [5, 5.41) is 4.50. The van der Waals surface area contributed by atoms with Gasteiger partial charge in [-0.3, -0.25) is 9.78 Å². The zero-order valence-corrected chi connectivity index (χ0v) is 13.2. The number of carbonyl (C=O) groups is 1. The molecule has 1 unspecified atom stereocenters. The number of fused-ring (bicyclic) bond motifs is 1. The molecule has 3 rings (SSSR count). The molecule has 0 fully saturated rings. The van der Waals surface area contributed by atoms with E-state index in [1.165, 1.54) is 11.8 Å². The number of pyridine rings is 1. The Hall–Kier alpha value is -2.34. The maximum Gasteiger partial charge on any atom is 0.237 e. The van der Waals surface area contributed by atoms with E-state index in [0.717, 1.165) is 21.7 Å². The van der Waals surface area contributed by atoms with E-state index in [-0.39, 0.29) is 11.2 Å². The molecule has 0 aliphatic heterocycles. The van der Waals surface area contributed by atoms with Crippen molar-refractivity contribution in [1.82, 2.24) is 14.5 Å². The van der Waals surface area contributed by atoms with Crippen molar-refractivity contribution in [3.63, 3.8) is 0 Å². The van der Waals surface area contributed by atoms with Crippen molar-refractivity contribution in [2.45, 2.75) is 17.3 Å². The van der Waals surface area contributed by atoms with Crippen LogP contribution in [0.2, 0.25) is 0 Å². The molecule has 0 spiro atoms. The molecule has 0 aliphatic carbocycles. The van der Waals surface area contributed by atoms with Gasteiger partial charge in [0, 0.05) is 31.0 Å². The first kappa shape index (κ1) is 14.6. The highest BCUT2D eigenvalue weighted by atomic mass is 32.2. The van der Waals surface area contributed by atoms with E-state index >= 15 is 0 Å². The predicted octanol–water partition coefficient (Wildman–Crippen LogP) is 3.09. The number of nitrogens with one attached hydrogen (secondary N) is 1. The number of benzene rings is 1. The van der Waals surface area contributed by atoms with Crippen molar-refractivity contribution in [1.29, 1.82) is 0 Å². The predicted molar refractivity (Wildman–Crippen MR) is 88.9 cm³/mol. The van der Waals surface area contributed by atoms with Gasteiger partial charge in [0.25, 0.3) is 0 Å². The number of hydrogen-bond donors (Lipinski definition) is 1. The summed E-state index contributed by atoms with van der Waals surface area (Å²) in [5.41, 5.74) is 1.65. The van der Waals surface area contributed by atoms with Gasteiger partial charge in [0.2, 0.25) is 5.91 Å². The number of amides is 1. The molecule has 3 aromatic rings. The zero-order chi connectivity index (χ0) is 15.5. The lowest BCUT2D eigenvalue weighted by Gasteiger charge is -2.13. The van der Waals surface area contributed by atoms with Crippen LogP contribution in [0.4, 0.5) is 5.69 Å². The van der Waals surface area contributed by atoms with Crippen molar-refractivity contribution in [3.8, 4) is 0 Å². The smallest absolute Gasteiger partial charge is 0.237 e. The molecule has 112 valence electrons. The third-order valence-electron chi connectivity index (χ3n) is 3.33. The Labute approximate surface area is 132 Å². The topological polar surface area (TPSA) is 59.8 Å². The average Bonchev–Trinajstić information content (AvgIpc) is 2.93. The summed E-state index contributed by atoms with van der Waals surface area (Å²) in [5.74, 6) is -0.0515. The highest BCUT2D eigenvalue weighted by Crippen LogP contribution is 2.25. The minimum atomic E-state index is -0.243. The van der Waals surface area contributed by atoms with Crippen molar-refractivity contribution in [2.24, 2.45) is 7.05 Å². The largest absolute Gasteiger partial charge is 0.329 e. The number of rotatable bonds is 4. The average molecular weight is 312 g/mol. The van der Waals surface area contributed by atoms with Crippen molar-refractivity contribution in [3.05, 3.63) is 48.9 Å². The van der Waals surface area contributed by atoms with Gasteiger partial charge in [-0.15, -0.1) is 0 Å². The summed E-state index contributed by atoms with van der Waals surface area (Å²) in [6, 6.07) is 9.52. The molecule has 0 saturated heterocycles. The Balaban J connectivity index is 1.77. The number of hydrogen-bond acceptors (Lipinski definition) is 4. The summed E-state index contributed by atoms with van der Waals surface area (Å²) < 4.78 is 1.90. The molecule has 0 radical (unpaired) electrons. The molecule has 6 heteroatoms. The van der Waals surface area contributed by atoms with Crippen LogP contribution in [0.5, 0.6) is 0 Å². The van der Waals surface area contributed by atoms with E-state index in [2.05, 4.69) is 15.3 Å². The Morgan fingerprint density at radius 2 is 2.09 bits per heavy atom. The van der Waals surface area contributed by atoms with E-state index in [1.807, 2.05) is 55.1 Å². The molecule has 5 nitrogen and oxygen atoms in total. The lowest BCUT2D eigenvalue weighted by Crippen LogP contribution is -2.23. The molecule has 0 aliphatic rings. The van der Waals surface area contributed by atoms with Crippen LogP contribution in [0.25, 0.3) is 10.9 Å². The van der Waals surface area contributed by atoms with E-state index in [9.17, 15) is 4.79 Å². The van der Waals surface area contributed by atoms with Crippen LogP contribution in [-0.2, 0) is 11.8 Å². The van der Waals surface area contributed by atoms with Gasteiger partial charge in [-0.05, 0) is 31.2 Å². The fourth-order valence-corrected chi connectivity index (χ4v) is 2.95. The van der Waals surface area contributed by atoms with Crippen LogP contribution in [0, 0.1) is 0 Å². The minimum absolute atomic E-state index is 0.0515. The second-order valence-corrected chi connectivity index (χ2v) is 6.25. The number of aryl methyl sites for hydroxylation is 1. The fraction of sp³-hybridized carbons (Fsp3) is 0.188. The molecular formula is C16H16N4OS. The van der Waals surface area contributed by atoms with Gasteiger partial charge >= 0.3 is 0 Å². The van der Waals surface area contributed by atoms with Gasteiger partial charge in [0.05, 0.1) is 16.5 Å². The first-order valence-corrected chi connectivity index (χ1v) is 7.81. The molecule has 1 N–H and O–H groups in total. The number of carbonyl (C=O) groups excluding carboxylic acids is 1. The number of anilines is 1. The molecule has 1 amide bonds. The molecule has 2 aromatic heterocycles. The highest BCUT2D eigenvalue weighted by Gasteiger charge is 2.17. The number of thioether (sulfide) groups is 1. The van der Waals surface area contributed by atoms with Crippen LogP contribution >= 0.6 is 11.8 Å². The molecule has 0 saturated carbocycles. The summed E-state index contributed by atoms with van der Waals surface area (Å²) >= 11 is 1.43. The van der Waals surface area contributed by atoms with E-state index in [4.69, 9.17) is 0 Å². The summed E-state index contributed by atoms with van der Waals surface area (Å²) in [7, 11) is 1.91. The minimum Gasteiger partial charge on any atom is -0.329 e. The maximum atomic E-state index is 12.4. The third kappa shape index (κ3) is 2.96. The van der Waals surface area contributed by atoms with E-state index in [1.54, 1.807) is 12.4 Å². The normalized spacial score (nSPS) is 12.3. The Bertz CT molecular complexity index is 809. The van der Waals surface area contributed by atoms with Crippen molar-refractivity contribution >= 4 is 34.3 Å². The molecule has 1 atom stereocenters. The lowest BCUT2D eigenvalue weighted by atomic mass is 10.2. The first-order chi connectivity index (χ1) is 10.6. The van der Waals surface area contributed by atoms with Gasteiger partial charge in [-0.1, -0.05) is 17.8 Å². The van der Waals surface area contributed by atoms with Crippen LogP contribution in [-0.4, -0.2) is 25.7 Å².